The van der Waals surface area contributed by atoms with Crippen molar-refractivity contribution < 1.29 is 21.2 Å². The Morgan fingerprint density at radius 2 is 1.82 bits per heavy atom. The summed E-state index contributed by atoms with van der Waals surface area (Å²) in [6.45, 7) is 1.53. The van der Waals surface area contributed by atoms with Gasteiger partial charge in [-0.25, -0.2) is 21.2 Å². The molecule has 0 spiro atoms. The Hall–Kier alpha value is -2.46. The first-order valence-corrected chi connectivity index (χ1v) is 12.0. The van der Waals surface area contributed by atoms with Crippen LogP contribution in [0.3, 0.4) is 0 Å². The Balaban J connectivity index is 1.95. The number of hydrazone groups is 1. The number of sulfonamides is 2. The highest BCUT2D eigenvalue weighted by molar-refractivity contribution is 7.92. The van der Waals surface area contributed by atoms with Gasteiger partial charge in [0.15, 0.2) is 0 Å². The van der Waals surface area contributed by atoms with E-state index in [-0.39, 0.29) is 12.2 Å². The molecule has 150 valence electrons. The summed E-state index contributed by atoms with van der Waals surface area (Å²) >= 11 is 0. The summed E-state index contributed by atoms with van der Waals surface area (Å²) in [5.74, 6) is -0.475. The first-order chi connectivity index (χ1) is 13.1. The van der Waals surface area contributed by atoms with Crippen molar-refractivity contribution >= 4 is 31.4 Å². The van der Waals surface area contributed by atoms with E-state index in [1.165, 1.54) is 31.2 Å². The zero-order chi connectivity index (χ0) is 20.5. The number of nitrogens with zero attached hydrogens (tertiary/aromatic N) is 2. The van der Waals surface area contributed by atoms with Crippen LogP contribution in [0.2, 0.25) is 0 Å². The van der Waals surface area contributed by atoms with Crippen molar-refractivity contribution in [1.82, 2.24) is 4.41 Å². The summed E-state index contributed by atoms with van der Waals surface area (Å²) in [6.07, 6.45) is 1.34. The fourth-order valence-electron chi connectivity index (χ4n) is 2.92. The van der Waals surface area contributed by atoms with Gasteiger partial charge in [0.1, 0.15) is 5.82 Å². The predicted molar refractivity (Wildman–Crippen MR) is 107 cm³/mol. The molecule has 1 N–H and O–H groups in total. The predicted octanol–water partition coefficient (Wildman–Crippen LogP) is 2.70. The number of halogens is 1. The highest BCUT2D eigenvalue weighted by Gasteiger charge is 2.34. The molecule has 1 atom stereocenters. The monoisotopic (exact) mass is 425 g/mol. The lowest BCUT2D eigenvalue weighted by atomic mass is 9.99. The van der Waals surface area contributed by atoms with Crippen molar-refractivity contribution in [2.24, 2.45) is 5.10 Å². The van der Waals surface area contributed by atoms with Crippen LogP contribution in [-0.2, 0) is 20.0 Å². The molecule has 0 aromatic heterocycles. The average molecular weight is 426 g/mol. The maximum atomic E-state index is 13.2. The largest absolute Gasteiger partial charge is 0.284 e. The molecule has 1 aliphatic heterocycles. The summed E-state index contributed by atoms with van der Waals surface area (Å²) in [6, 6.07) is 11.6. The average Bonchev–Trinajstić information content (AvgIpc) is 3.08. The lowest BCUT2D eigenvalue weighted by molar-refractivity contribution is 0.374. The summed E-state index contributed by atoms with van der Waals surface area (Å²) in [5, 5.41) is 4.26. The van der Waals surface area contributed by atoms with E-state index in [1.54, 1.807) is 24.3 Å². The molecule has 0 fully saturated rings. The van der Waals surface area contributed by atoms with Gasteiger partial charge in [0.05, 0.1) is 23.8 Å². The fourth-order valence-corrected chi connectivity index (χ4v) is 4.45. The molecule has 3 rings (SSSR count). The topological polar surface area (TPSA) is 95.9 Å². The van der Waals surface area contributed by atoms with Crippen LogP contribution < -0.4 is 4.72 Å². The molecule has 10 heteroatoms. The quantitative estimate of drug-likeness (QED) is 0.770. The maximum Gasteiger partial charge on any atom is 0.247 e. The summed E-state index contributed by atoms with van der Waals surface area (Å²) in [7, 11) is -7.09. The Bertz CT molecular complexity index is 1110. The van der Waals surface area contributed by atoms with Gasteiger partial charge in [-0.2, -0.15) is 9.52 Å². The van der Waals surface area contributed by atoms with Gasteiger partial charge in [-0.15, -0.1) is 0 Å². The molecule has 0 aliphatic carbocycles. The number of benzene rings is 2. The number of hydrogen-bond donors (Lipinski definition) is 1. The molecule has 0 radical (unpaired) electrons. The van der Waals surface area contributed by atoms with Gasteiger partial charge in [0.2, 0.25) is 20.0 Å². The van der Waals surface area contributed by atoms with Gasteiger partial charge in [0, 0.05) is 12.1 Å². The van der Waals surface area contributed by atoms with Crippen LogP contribution in [0.25, 0.3) is 0 Å². The van der Waals surface area contributed by atoms with E-state index in [2.05, 4.69) is 9.82 Å². The second-order valence-corrected chi connectivity index (χ2v) is 10.3. The molecule has 0 saturated heterocycles. The normalized spacial score (nSPS) is 17.5. The van der Waals surface area contributed by atoms with Gasteiger partial charge in [0.25, 0.3) is 0 Å². The van der Waals surface area contributed by atoms with Crippen LogP contribution in [0.4, 0.5) is 10.1 Å². The minimum absolute atomic E-state index is 0.0628. The van der Waals surface area contributed by atoms with Crippen molar-refractivity contribution in [3.05, 3.63) is 65.5 Å². The molecular formula is C18H20FN3O4S2. The third-order valence-electron chi connectivity index (χ3n) is 4.32. The third-order valence-corrected chi connectivity index (χ3v) is 6.64. The van der Waals surface area contributed by atoms with Crippen molar-refractivity contribution in [3.8, 4) is 0 Å². The number of rotatable bonds is 6. The smallest absolute Gasteiger partial charge is 0.247 e. The molecule has 0 unspecified atom stereocenters. The molecule has 0 amide bonds. The lowest BCUT2D eigenvalue weighted by Gasteiger charge is -2.21. The molecule has 1 aliphatic rings. The van der Waals surface area contributed by atoms with Crippen molar-refractivity contribution in [1.29, 1.82) is 0 Å². The third kappa shape index (κ3) is 4.50. The molecule has 1 heterocycles. The molecule has 2 aromatic rings. The van der Waals surface area contributed by atoms with Gasteiger partial charge >= 0.3 is 0 Å². The van der Waals surface area contributed by atoms with Crippen molar-refractivity contribution in [2.45, 2.75) is 19.4 Å². The summed E-state index contributed by atoms with van der Waals surface area (Å²) in [4.78, 5) is 0. The van der Waals surface area contributed by atoms with Crippen LogP contribution in [0.5, 0.6) is 0 Å². The highest BCUT2D eigenvalue weighted by atomic mass is 32.2. The van der Waals surface area contributed by atoms with Gasteiger partial charge < -0.3 is 0 Å². The van der Waals surface area contributed by atoms with Gasteiger partial charge in [-0.05, 0) is 42.3 Å². The van der Waals surface area contributed by atoms with Gasteiger partial charge in [-0.3, -0.25) is 4.72 Å². The SMILES string of the molecule is CCS(=O)(=O)Nc1cccc(C2=NN(S(C)(=O)=O)[C@H](c3ccc(F)cc3)C2)c1. The minimum atomic E-state index is -3.65. The Labute approximate surface area is 164 Å². The summed E-state index contributed by atoms with van der Waals surface area (Å²) in [5.41, 5.74) is 2.10. The minimum Gasteiger partial charge on any atom is -0.284 e. The molecular weight excluding hydrogens is 405 g/mol. The highest BCUT2D eigenvalue weighted by Crippen LogP contribution is 2.35. The van der Waals surface area contributed by atoms with E-state index in [1.807, 2.05) is 0 Å². The Morgan fingerprint density at radius 1 is 1.14 bits per heavy atom. The van der Waals surface area contributed by atoms with E-state index in [9.17, 15) is 21.2 Å². The van der Waals surface area contributed by atoms with E-state index in [4.69, 9.17) is 0 Å². The molecule has 2 aromatic carbocycles. The van der Waals surface area contributed by atoms with Crippen LogP contribution in [0, 0.1) is 5.82 Å². The lowest BCUT2D eigenvalue weighted by Crippen LogP contribution is -2.25. The first-order valence-electron chi connectivity index (χ1n) is 8.52. The number of hydrogen-bond acceptors (Lipinski definition) is 5. The maximum absolute atomic E-state index is 13.2. The van der Waals surface area contributed by atoms with Crippen molar-refractivity contribution in [3.63, 3.8) is 0 Å². The van der Waals surface area contributed by atoms with Crippen LogP contribution in [-0.4, -0.2) is 39.0 Å². The molecule has 7 nitrogen and oxygen atoms in total. The Morgan fingerprint density at radius 3 is 2.43 bits per heavy atom. The van der Waals surface area contributed by atoms with E-state index in [0.717, 1.165) is 10.7 Å². The van der Waals surface area contributed by atoms with Crippen LogP contribution in [0.1, 0.15) is 30.5 Å². The fraction of sp³-hybridized carbons (Fsp3) is 0.278. The summed E-state index contributed by atoms with van der Waals surface area (Å²) < 4.78 is 64.7. The van der Waals surface area contributed by atoms with Crippen LogP contribution in [0.15, 0.2) is 53.6 Å². The van der Waals surface area contributed by atoms with E-state index >= 15 is 0 Å². The molecule has 28 heavy (non-hydrogen) atoms. The van der Waals surface area contributed by atoms with Crippen LogP contribution >= 0.6 is 0 Å². The molecule has 0 bridgehead atoms. The van der Waals surface area contributed by atoms with Gasteiger partial charge in [-0.1, -0.05) is 24.3 Å². The first kappa shape index (κ1) is 20.3. The van der Waals surface area contributed by atoms with E-state index in [0.29, 0.717) is 22.5 Å². The number of anilines is 1. The second-order valence-electron chi connectivity index (χ2n) is 6.44. The van der Waals surface area contributed by atoms with E-state index < -0.39 is 31.9 Å². The zero-order valence-electron chi connectivity index (χ0n) is 15.3. The standard InChI is InChI=1S/C18H20FN3O4S2/c1-3-28(25,26)21-16-6-4-5-14(11-16)17-12-18(22(20-17)27(2,23)24)13-7-9-15(19)10-8-13/h4-11,18,21H,3,12H2,1-2H3/t18-/m0/s1. The zero-order valence-corrected chi connectivity index (χ0v) is 17.0. The Kier molecular flexibility index (Phi) is 5.44. The van der Waals surface area contributed by atoms with Crippen molar-refractivity contribution in [2.75, 3.05) is 16.7 Å². The molecule has 0 saturated carbocycles. The second kappa shape index (κ2) is 7.51. The number of nitrogens with one attached hydrogen (secondary N) is 1.